The summed E-state index contributed by atoms with van der Waals surface area (Å²) in [5, 5.41) is 6.97. The lowest BCUT2D eigenvalue weighted by Crippen LogP contribution is -2.14. The fraction of sp³-hybridized carbons (Fsp3) is 0.0625. The van der Waals surface area contributed by atoms with Crippen molar-refractivity contribution in [3.8, 4) is 0 Å². The molecule has 4 aromatic rings. The fourth-order valence-electron chi connectivity index (χ4n) is 2.46. The molecule has 0 aliphatic heterocycles. The van der Waals surface area contributed by atoms with Crippen molar-refractivity contribution < 1.29 is 4.79 Å². The van der Waals surface area contributed by atoms with Crippen LogP contribution in [0.4, 0.5) is 5.95 Å². The highest BCUT2D eigenvalue weighted by Crippen LogP contribution is 2.22. The van der Waals surface area contributed by atoms with E-state index in [0.717, 1.165) is 15.6 Å². The number of carbonyl (C=O) groups excluding carboxylic acids is 1. The second kappa shape index (κ2) is 6.44. The molecule has 9 heteroatoms. The molecule has 0 saturated carbocycles. The van der Waals surface area contributed by atoms with Gasteiger partial charge in [-0.2, -0.15) is 0 Å². The number of nitrogens with one attached hydrogen (secondary N) is 2. The van der Waals surface area contributed by atoms with Crippen molar-refractivity contribution in [2.75, 3.05) is 5.32 Å². The average molecular weight is 398 g/mol. The van der Waals surface area contributed by atoms with Crippen LogP contribution in [0.15, 0.2) is 53.8 Å². The normalized spacial score (nSPS) is 10.9. The third kappa shape index (κ3) is 3.26. The lowest BCUT2D eigenvalue weighted by atomic mass is 10.1. The Morgan fingerprint density at radius 3 is 3.08 bits per heavy atom. The maximum atomic E-state index is 12.6. The van der Waals surface area contributed by atoms with E-state index in [1.54, 1.807) is 35.8 Å². The summed E-state index contributed by atoms with van der Waals surface area (Å²) < 4.78 is 2.42. The number of anilines is 1. The Bertz CT molecular complexity index is 1040. The first kappa shape index (κ1) is 15.5. The predicted octanol–water partition coefficient (Wildman–Crippen LogP) is 2.61. The summed E-state index contributed by atoms with van der Waals surface area (Å²) >= 11 is 3.39. The fourth-order valence-corrected chi connectivity index (χ4v) is 2.92. The molecule has 1 amide bonds. The van der Waals surface area contributed by atoms with Gasteiger partial charge in [0.1, 0.15) is 11.8 Å². The Kier molecular flexibility index (Phi) is 3.98. The molecule has 0 atom stereocenters. The molecule has 1 aromatic carbocycles. The topological polar surface area (TPSA) is 101 Å². The van der Waals surface area contributed by atoms with Crippen LogP contribution in [0.1, 0.15) is 15.9 Å². The summed E-state index contributed by atoms with van der Waals surface area (Å²) in [4.78, 5) is 27.9. The van der Waals surface area contributed by atoms with Crippen LogP contribution in [0.3, 0.4) is 0 Å². The molecule has 0 fully saturated rings. The zero-order valence-corrected chi connectivity index (χ0v) is 14.4. The molecule has 0 bridgehead atoms. The molecule has 0 aliphatic rings. The molecule has 3 aromatic heterocycles. The second-order valence-electron chi connectivity index (χ2n) is 5.33. The lowest BCUT2D eigenvalue weighted by Gasteiger charge is -2.03. The van der Waals surface area contributed by atoms with E-state index in [0.29, 0.717) is 17.6 Å². The lowest BCUT2D eigenvalue weighted by molar-refractivity contribution is 0.102. The molecular formula is C16H12BrN7O. The molecule has 2 N–H and O–H groups in total. The van der Waals surface area contributed by atoms with Gasteiger partial charge in [0.05, 0.1) is 24.0 Å². The van der Waals surface area contributed by atoms with Crippen molar-refractivity contribution in [1.29, 1.82) is 0 Å². The van der Waals surface area contributed by atoms with E-state index in [4.69, 9.17) is 0 Å². The quantitative estimate of drug-likeness (QED) is 0.550. The van der Waals surface area contributed by atoms with Gasteiger partial charge in [0, 0.05) is 16.9 Å². The van der Waals surface area contributed by atoms with Gasteiger partial charge in [0.2, 0.25) is 5.95 Å². The molecule has 0 saturated heterocycles. The maximum absolute atomic E-state index is 12.6. The van der Waals surface area contributed by atoms with Gasteiger partial charge in [-0.3, -0.25) is 15.1 Å². The number of aromatic amines is 1. The van der Waals surface area contributed by atoms with E-state index in [1.807, 2.05) is 18.2 Å². The Balaban J connectivity index is 1.54. The minimum Gasteiger partial charge on any atom is -0.345 e. The third-order valence-electron chi connectivity index (χ3n) is 3.56. The van der Waals surface area contributed by atoms with E-state index in [9.17, 15) is 4.79 Å². The minimum absolute atomic E-state index is 0.234. The largest absolute Gasteiger partial charge is 0.345 e. The van der Waals surface area contributed by atoms with Gasteiger partial charge in [0.25, 0.3) is 5.91 Å². The highest BCUT2D eigenvalue weighted by Gasteiger charge is 2.15. The number of H-pyrrole nitrogens is 1. The Morgan fingerprint density at radius 1 is 1.32 bits per heavy atom. The van der Waals surface area contributed by atoms with Gasteiger partial charge in [-0.25, -0.2) is 14.6 Å². The summed E-state index contributed by atoms with van der Waals surface area (Å²) in [5.41, 5.74) is 2.80. The SMILES string of the molecule is O=C(Nc1ncn(Cc2cccnc2)n1)c1cc(Br)cc2[nH]cnc12. The number of hydrogen-bond acceptors (Lipinski definition) is 5. The first-order valence-corrected chi connectivity index (χ1v) is 8.21. The number of rotatable bonds is 4. The predicted molar refractivity (Wildman–Crippen MR) is 95.1 cm³/mol. The summed E-state index contributed by atoms with van der Waals surface area (Å²) in [5.74, 6) is -0.0879. The Hall–Kier alpha value is -3.07. The first-order valence-electron chi connectivity index (χ1n) is 7.41. The molecule has 25 heavy (non-hydrogen) atoms. The van der Waals surface area contributed by atoms with Crippen molar-refractivity contribution in [2.24, 2.45) is 0 Å². The molecule has 4 rings (SSSR count). The van der Waals surface area contributed by atoms with Crippen LogP contribution in [-0.2, 0) is 6.54 Å². The van der Waals surface area contributed by atoms with Crippen molar-refractivity contribution >= 4 is 38.8 Å². The smallest absolute Gasteiger partial charge is 0.260 e. The van der Waals surface area contributed by atoms with Gasteiger partial charge in [-0.05, 0) is 23.8 Å². The van der Waals surface area contributed by atoms with Gasteiger partial charge in [-0.1, -0.05) is 22.0 Å². The van der Waals surface area contributed by atoms with Crippen LogP contribution in [0, 0.1) is 0 Å². The first-order chi connectivity index (χ1) is 12.2. The Morgan fingerprint density at radius 2 is 2.24 bits per heavy atom. The monoisotopic (exact) mass is 397 g/mol. The molecule has 124 valence electrons. The van der Waals surface area contributed by atoms with Gasteiger partial charge < -0.3 is 4.98 Å². The van der Waals surface area contributed by atoms with E-state index >= 15 is 0 Å². The molecule has 0 radical (unpaired) electrons. The minimum atomic E-state index is -0.322. The molecule has 0 aliphatic carbocycles. The van der Waals surface area contributed by atoms with Crippen molar-refractivity contribution in [2.45, 2.75) is 6.54 Å². The second-order valence-corrected chi connectivity index (χ2v) is 6.25. The van der Waals surface area contributed by atoms with Gasteiger partial charge >= 0.3 is 0 Å². The number of nitrogens with zero attached hydrogens (tertiary/aromatic N) is 5. The number of amides is 1. The van der Waals surface area contributed by atoms with Crippen molar-refractivity contribution in [3.63, 3.8) is 0 Å². The van der Waals surface area contributed by atoms with E-state index in [-0.39, 0.29) is 11.9 Å². The number of hydrogen-bond donors (Lipinski definition) is 2. The van der Waals surface area contributed by atoms with E-state index < -0.39 is 0 Å². The van der Waals surface area contributed by atoms with Crippen LogP contribution in [0.5, 0.6) is 0 Å². The van der Waals surface area contributed by atoms with Gasteiger partial charge in [-0.15, -0.1) is 5.10 Å². The van der Waals surface area contributed by atoms with Crippen LogP contribution in [0.25, 0.3) is 11.0 Å². The van der Waals surface area contributed by atoms with E-state index in [2.05, 4.69) is 46.3 Å². The number of halogens is 1. The molecule has 8 nitrogen and oxygen atoms in total. The molecule has 0 spiro atoms. The zero-order chi connectivity index (χ0) is 17.2. The van der Waals surface area contributed by atoms with Gasteiger partial charge in [0.15, 0.2) is 0 Å². The summed E-state index contributed by atoms with van der Waals surface area (Å²) in [6.45, 7) is 0.525. The zero-order valence-electron chi connectivity index (χ0n) is 12.8. The summed E-state index contributed by atoms with van der Waals surface area (Å²) in [7, 11) is 0. The van der Waals surface area contributed by atoms with E-state index in [1.165, 1.54) is 0 Å². The summed E-state index contributed by atoms with van der Waals surface area (Å²) in [6.07, 6.45) is 6.59. The van der Waals surface area contributed by atoms with Crippen LogP contribution < -0.4 is 5.32 Å². The highest BCUT2D eigenvalue weighted by molar-refractivity contribution is 9.10. The third-order valence-corrected chi connectivity index (χ3v) is 4.02. The van der Waals surface area contributed by atoms with Crippen LogP contribution >= 0.6 is 15.9 Å². The summed E-state index contributed by atoms with van der Waals surface area (Å²) in [6, 6.07) is 7.38. The standard InChI is InChI=1S/C16H12BrN7O/c17-11-4-12(14-13(5-11)19-8-20-14)15(25)22-16-21-9-24(23-16)7-10-2-1-3-18-6-10/h1-6,8-9H,7H2,(H,19,20)(H,22,23,25). The number of aromatic nitrogens is 6. The maximum Gasteiger partial charge on any atom is 0.260 e. The van der Waals surface area contributed by atoms with Crippen molar-refractivity contribution in [1.82, 2.24) is 29.7 Å². The van der Waals surface area contributed by atoms with Crippen LogP contribution in [0.2, 0.25) is 0 Å². The van der Waals surface area contributed by atoms with Crippen LogP contribution in [-0.4, -0.2) is 35.6 Å². The molecular weight excluding hydrogens is 386 g/mol. The number of fused-ring (bicyclic) bond motifs is 1. The number of benzene rings is 1. The number of imidazole rings is 1. The number of pyridine rings is 1. The molecule has 0 unspecified atom stereocenters. The van der Waals surface area contributed by atoms with Crippen molar-refractivity contribution in [3.05, 3.63) is 64.9 Å². The average Bonchev–Trinajstić information content (AvgIpc) is 3.24. The Labute approximate surface area is 150 Å². The highest BCUT2D eigenvalue weighted by atomic mass is 79.9. The molecule has 3 heterocycles. The number of carbonyl (C=O) groups is 1.